The highest BCUT2D eigenvalue weighted by atomic mass is 79.9. The van der Waals surface area contributed by atoms with Gasteiger partial charge < -0.3 is 4.57 Å². The number of hydrogen-bond donors (Lipinski definition) is 1. The van der Waals surface area contributed by atoms with Gasteiger partial charge in [-0.15, -0.1) is 0 Å². The molecule has 24 heavy (non-hydrogen) atoms. The van der Waals surface area contributed by atoms with Crippen LogP contribution < -0.4 is 5.32 Å². The van der Waals surface area contributed by atoms with Gasteiger partial charge in [0.2, 0.25) is 11.9 Å². The van der Waals surface area contributed by atoms with Crippen LogP contribution >= 0.6 is 27.5 Å². The maximum Gasteiger partial charge on any atom is 0.231 e. The molecule has 0 saturated heterocycles. The molecular weight excluding hydrogens is 390 g/mol. The van der Waals surface area contributed by atoms with Crippen molar-refractivity contribution < 1.29 is 4.79 Å². The second kappa shape index (κ2) is 7.36. The molecule has 0 aliphatic rings. The van der Waals surface area contributed by atoms with Crippen molar-refractivity contribution in [1.82, 2.24) is 9.55 Å². The fourth-order valence-electron chi connectivity index (χ4n) is 2.64. The molecule has 0 saturated carbocycles. The van der Waals surface area contributed by atoms with Crippen molar-refractivity contribution in [2.75, 3.05) is 5.32 Å². The highest BCUT2D eigenvalue weighted by Crippen LogP contribution is 2.27. The Balaban J connectivity index is 1.86. The molecule has 6 heteroatoms. The number of carbonyl (C=O) groups excluding carboxylic acids is 1. The number of halogens is 2. The number of aryl methyl sites for hydroxylation is 1. The van der Waals surface area contributed by atoms with Crippen molar-refractivity contribution in [2.45, 2.75) is 26.3 Å². The van der Waals surface area contributed by atoms with E-state index in [1.165, 1.54) is 0 Å². The number of aromatic nitrogens is 2. The number of amides is 1. The first-order valence-electron chi connectivity index (χ1n) is 7.77. The molecule has 0 atom stereocenters. The Kier molecular flexibility index (Phi) is 5.21. The standard InChI is InChI=1S/C18H17BrClN3O/c1-2-10-23-17-14(19)4-3-5-15(17)21-18(23)22-16(24)11-12-6-8-13(20)9-7-12/h3-9H,2,10-11H2,1H3,(H,21,22,24). The van der Waals surface area contributed by atoms with E-state index in [1.807, 2.05) is 34.9 Å². The number of benzene rings is 2. The molecule has 1 aromatic heterocycles. The number of hydrogen-bond acceptors (Lipinski definition) is 2. The first-order valence-corrected chi connectivity index (χ1v) is 8.94. The maximum atomic E-state index is 12.4. The Morgan fingerprint density at radius 1 is 1.25 bits per heavy atom. The minimum atomic E-state index is -0.0962. The average Bonchev–Trinajstić information content (AvgIpc) is 2.89. The molecule has 0 fully saturated rings. The first-order chi connectivity index (χ1) is 11.6. The number of rotatable bonds is 5. The summed E-state index contributed by atoms with van der Waals surface area (Å²) in [5, 5.41) is 3.60. The first kappa shape index (κ1) is 17.0. The molecule has 1 N–H and O–H groups in total. The third kappa shape index (κ3) is 3.62. The van der Waals surface area contributed by atoms with Gasteiger partial charge in [-0.1, -0.05) is 36.7 Å². The predicted octanol–water partition coefficient (Wildman–Crippen LogP) is 5.04. The summed E-state index contributed by atoms with van der Waals surface area (Å²) < 4.78 is 3.01. The molecule has 1 amide bonds. The quantitative estimate of drug-likeness (QED) is 0.645. The van der Waals surface area contributed by atoms with Crippen molar-refractivity contribution in [3.63, 3.8) is 0 Å². The summed E-state index contributed by atoms with van der Waals surface area (Å²) in [7, 11) is 0. The molecule has 0 bridgehead atoms. The van der Waals surface area contributed by atoms with Gasteiger partial charge in [0, 0.05) is 16.0 Å². The molecule has 3 rings (SSSR count). The lowest BCUT2D eigenvalue weighted by Gasteiger charge is -2.09. The Bertz CT molecular complexity index is 874. The lowest BCUT2D eigenvalue weighted by Crippen LogP contribution is -2.18. The van der Waals surface area contributed by atoms with Crippen LogP contribution in [-0.2, 0) is 17.8 Å². The van der Waals surface area contributed by atoms with Gasteiger partial charge >= 0.3 is 0 Å². The number of nitrogens with zero attached hydrogens (tertiary/aromatic N) is 2. The van der Waals surface area contributed by atoms with E-state index in [2.05, 4.69) is 33.2 Å². The molecule has 0 spiro atoms. The SMILES string of the molecule is CCCn1c(NC(=O)Cc2ccc(Cl)cc2)nc2cccc(Br)c21. The largest absolute Gasteiger partial charge is 0.309 e. The minimum absolute atomic E-state index is 0.0962. The van der Waals surface area contributed by atoms with Crippen LogP contribution in [0.1, 0.15) is 18.9 Å². The summed E-state index contributed by atoms with van der Waals surface area (Å²) in [6, 6.07) is 13.1. The maximum absolute atomic E-state index is 12.4. The smallest absolute Gasteiger partial charge is 0.231 e. The number of imidazole rings is 1. The van der Waals surface area contributed by atoms with Crippen LogP contribution in [0.2, 0.25) is 5.02 Å². The lowest BCUT2D eigenvalue weighted by molar-refractivity contribution is -0.115. The van der Waals surface area contributed by atoms with Crippen LogP contribution in [0.15, 0.2) is 46.9 Å². The highest BCUT2D eigenvalue weighted by molar-refractivity contribution is 9.10. The molecule has 0 aliphatic carbocycles. The monoisotopic (exact) mass is 405 g/mol. The molecule has 0 aliphatic heterocycles. The number of nitrogens with one attached hydrogen (secondary N) is 1. The Hall–Kier alpha value is -1.85. The van der Waals surface area contributed by atoms with Crippen LogP contribution in [0.25, 0.3) is 11.0 Å². The Morgan fingerprint density at radius 2 is 2.00 bits per heavy atom. The normalized spacial score (nSPS) is 11.0. The van der Waals surface area contributed by atoms with Crippen molar-refractivity contribution in [1.29, 1.82) is 0 Å². The predicted molar refractivity (Wildman–Crippen MR) is 102 cm³/mol. The van der Waals surface area contributed by atoms with Gasteiger partial charge in [-0.3, -0.25) is 10.1 Å². The van der Waals surface area contributed by atoms with Crippen molar-refractivity contribution >= 4 is 50.4 Å². The fraction of sp³-hybridized carbons (Fsp3) is 0.222. The van der Waals surface area contributed by atoms with E-state index in [0.717, 1.165) is 34.0 Å². The van der Waals surface area contributed by atoms with Gasteiger partial charge in [-0.25, -0.2) is 4.98 Å². The molecule has 4 nitrogen and oxygen atoms in total. The highest BCUT2D eigenvalue weighted by Gasteiger charge is 2.15. The van der Waals surface area contributed by atoms with E-state index < -0.39 is 0 Å². The fourth-order valence-corrected chi connectivity index (χ4v) is 3.33. The third-order valence-electron chi connectivity index (χ3n) is 3.69. The second-order valence-corrected chi connectivity index (χ2v) is 6.84. The van der Waals surface area contributed by atoms with Crippen molar-refractivity contribution in [3.05, 3.63) is 57.5 Å². The van der Waals surface area contributed by atoms with Crippen molar-refractivity contribution in [2.24, 2.45) is 0 Å². The minimum Gasteiger partial charge on any atom is -0.309 e. The van der Waals surface area contributed by atoms with E-state index in [0.29, 0.717) is 11.0 Å². The van der Waals surface area contributed by atoms with E-state index in [4.69, 9.17) is 11.6 Å². The summed E-state index contributed by atoms with van der Waals surface area (Å²) >= 11 is 9.45. The van der Waals surface area contributed by atoms with E-state index in [9.17, 15) is 4.79 Å². The van der Waals surface area contributed by atoms with Crippen LogP contribution in [0.4, 0.5) is 5.95 Å². The zero-order valence-corrected chi connectivity index (χ0v) is 15.6. The van der Waals surface area contributed by atoms with Crippen LogP contribution in [0, 0.1) is 0 Å². The molecule has 3 aromatic rings. The molecule has 0 radical (unpaired) electrons. The average molecular weight is 407 g/mol. The third-order valence-corrected chi connectivity index (χ3v) is 4.59. The van der Waals surface area contributed by atoms with Crippen LogP contribution in [-0.4, -0.2) is 15.5 Å². The summed E-state index contributed by atoms with van der Waals surface area (Å²) in [6.07, 6.45) is 1.24. The molecule has 0 unspecified atom stereocenters. The molecular formula is C18H17BrClN3O. The van der Waals surface area contributed by atoms with Gasteiger partial charge in [-0.05, 0) is 52.2 Å². The zero-order chi connectivity index (χ0) is 17.1. The molecule has 124 valence electrons. The lowest BCUT2D eigenvalue weighted by atomic mass is 10.1. The summed E-state index contributed by atoms with van der Waals surface area (Å²) in [5.41, 5.74) is 2.77. The number of anilines is 1. The summed E-state index contributed by atoms with van der Waals surface area (Å²) in [6.45, 7) is 2.89. The zero-order valence-electron chi connectivity index (χ0n) is 13.2. The van der Waals surface area contributed by atoms with Crippen molar-refractivity contribution in [3.8, 4) is 0 Å². The van der Waals surface area contributed by atoms with E-state index in [-0.39, 0.29) is 12.3 Å². The Morgan fingerprint density at radius 3 is 2.71 bits per heavy atom. The summed E-state index contributed by atoms with van der Waals surface area (Å²) in [4.78, 5) is 16.9. The Labute approximate surface area is 154 Å². The van der Waals surface area contributed by atoms with Gasteiger partial charge in [0.15, 0.2) is 0 Å². The number of para-hydroxylation sites is 1. The van der Waals surface area contributed by atoms with Gasteiger partial charge in [0.05, 0.1) is 17.5 Å². The molecule has 2 aromatic carbocycles. The van der Waals surface area contributed by atoms with Crippen LogP contribution in [0.3, 0.4) is 0 Å². The van der Waals surface area contributed by atoms with Gasteiger partial charge in [-0.2, -0.15) is 0 Å². The van der Waals surface area contributed by atoms with E-state index in [1.54, 1.807) is 12.1 Å². The number of carbonyl (C=O) groups is 1. The topological polar surface area (TPSA) is 46.9 Å². The van der Waals surface area contributed by atoms with Crippen LogP contribution in [0.5, 0.6) is 0 Å². The molecule has 1 heterocycles. The van der Waals surface area contributed by atoms with E-state index >= 15 is 0 Å². The number of fused-ring (bicyclic) bond motifs is 1. The van der Waals surface area contributed by atoms with Gasteiger partial charge in [0.1, 0.15) is 0 Å². The summed E-state index contributed by atoms with van der Waals surface area (Å²) in [5.74, 6) is 0.485. The second-order valence-electron chi connectivity index (χ2n) is 5.55. The van der Waals surface area contributed by atoms with Gasteiger partial charge in [0.25, 0.3) is 0 Å².